The first-order valence-electron chi connectivity index (χ1n) is 12.8. The summed E-state index contributed by atoms with van der Waals surface area (Å²) in [7, 11) is 3.31. The number of nitrogens with zero attached hydrogens (tertiary/aromatic N) is 6. The predicted octanol–water partition coefficient (Wildman–Crippen LogP) is 3.84. The molecule has 0 spiro atoms. The maximum atomic E-state index is 5.48. The van der Waals surface area contributed by atoms with Crippen molar-refractivity contribution in [2.45, 2.75) is 25.6 Å². The molecule has 0 aliphatic carbocycles. The molecule has 0 saturated carbocycles. The lowest BCUT2D eigenvalue weighted by Gasteiger charge is -2.39. The number of tetrazole rings is 1. The molecule has 0 bridgehead atoms. The minimum Gasteiger partial charge on any atom is -0.493 e. The van der Waals surface area contributed by atoms with E-state index in [1.165, 1.54) is 11.1 Å². The van der Waals surface area contributed by atoms with Crippen LogP contribution in [-0.4, -0.2) is 70.4 Å². The summed E-state index contributed by atoms with van der Waals surface area (Å²) in [5.74, 6) is 2.33. The van der Waals surface area contributed by atoms with Crippen molar-refractivity contribution in [2.24, 2.45) is 0 Å². The summed E-state index contributed by atoms with van der Waals surface area (Å²) in [5.41, 5.74) is 3.71. The summed E-state index contributed by atoms with van der Waals surface area (Å²) in [6.07, 6.45) is 0.782. The summed E-state index contributed by atoms with van der Waals surface area (Å²) >= 11 is 0. The van der Waals surface area contributed by atoms with Crippen LogP contribution in [0.5, 0.6) is 11.5 Å². The SMILES string of the molecule is COc1ccc(CCn2nnnc2C(c2ccccc2)N2CCN(Cc3ccccc3)CC2)cc1OC. The first kappa shape index (κ1) is 24.9. The number of rotatable bonds is 10. The third kappa shape index (κ3) is 5.98. The molecule has 3 aromatic carbocycles. The largest absolute Gasteiger partial charge is 0.493 e. The Hall–Kier alpha value is -3.75. The lowest BCUT2D eigenvalue weighted by Crippen LogP contribution is -2.48. The fraction of sp³-hybridized carbons (Fsp3) is 0.345. The number of hydrogen-bond donors (Lipinski definition) is 0. The molecule has 4 aromatic rings. The molecule has 1 atom stereocenters. The molecule has 5 rings (SSSR count). The highest BCUT2D eigenvalue weighted by molar-refractivity contribution is 5.42. The summed E-state index contributed by atoms with van der Waals surface area (Å²) in [6.45, 7) is 5.57. The van der Waals surface area contributed by atoms with Crippen LogP contribution in [0, 0.1) is 0 Å². The van der Waals surface area contributed by atoms with E-state index in [-0.39, 0.29) is 6.04 Å². The fourth-order valence-corrected chi connectivity index (χ4v) is 5.02. The van der Waals surface area contributed by atoms with Crippen molar-refractivity contribution in [3.05, 3.63) is 101 Å². The molecule has 8 heteroatoms. The van der Waals surface area contributed by atoms with Gasteiger partial charge in [0.25, 0.3) is 0 Å². The fourth-order valence-electron chi connectivity index (χ4n) is 5.02. The van der Waals surface area contributed by atoms with Crippen LogP contribution >= 0.6 is 0 Å². The van der Waals surface area contributed by atoms with Gasteiger partial charge in [0, 0.05) is 39.3 Å². The van der Waals surface area contributed by atoms with Crippen LogP contribution < -0.4 is 9.47 Å². The molecule has 37 heavy (non-hydrogen) atoms. The molecule has 0 radical (unpaired) electrons. The van der Waals surface area contributed by atoms with Gasteiger partial charge in [0.1, 0.15) is 0 Å². The zero-order chi connectivity index (χ0) is 25.5. The number of piperazine rings is 1. The number of benzene rings is 3. The maximum absolute atomic E-state index is 5.48. The Balaban J connectivity index is 1.32. The summed E-state index contributed by atoms with van der Waals surface area (Å²) in [4.78, 5) is 5.03. The summed E-state index contributed by atoms with van der Waals surface area (Å²) in [6, 6.07) is 27.3. The molecule has 1 fully saturated rings. The molecule has 1 unspecified atom stereocenters. The molecule has 0 N–H and O–H groups in total. The van der Waals surface area contributed by atoms with Crippen molar-refractivity contribution in [3.8, 4) is 11.5 Å². The van der Waals surface area contributed by atoms with E-state index in [1.807, 2.05) is 16.8 Å². The number of ether oxygens (including phenoxy) is 2. The second-order valence-electron chi connectivity index (χ2n) is 9.31. The molecule has 1 aliphatic heterocycles. The van der Waals surface area contributed by atoms with Gasteiger partial charge in [-0.3, -0.25) is 9.80 Å². The molecular weight excluding hydrogens is 464 g/mol. The van der Waals surface area contributed by atoms with Crippen LogP contribution in [0.3, 0.4) is 0 Å². The third-order valence-electron chi connectivity index (χ3n) is 7.00. The minimum atomic E-state index is 0.000443. The van der Waals surface area contributed by atoms with Crippen molar-refractivity contribution in [2.75, 3.05) is 40.4 Å². The Morgan fingerprint density at radius 1 is 0.784 bits per heavy atom. The van der Waals surface area contributed by atoms with Crippen LogP contribution in [0.1, 0.15) is 28.6 Å². The van der Waals surface area contributed by atoms with E-state index < -0.39 is 0 Å². The van der Waals surface area contributed by atoms with E-state index in [0.717, 1.165) is 62.0 Å². The Kier molecular flexibility index (Phi) is 8.08. The van der Waals surface area contributed by atoms with Crippen molar-refractivity contribution in [1.82, 2.24) is 30.0 Å². The van der Waals surface area contributed by atoms with Gasteiger partial charge in [0.05, 0.1) is 20.3 Å². The van der Waals surface area contributed by atoms with E-state index in [2.05, 4.69) is 92.1 Å². The highest BCUT2D eigenvalue weighted by atomic mass is 16.5. The minimum absolute atomic E-state index is 0.000443. The standard InChI is InChI=1S/C29H34N6O2/c1-36-26-14-13-23(21-27(26)37-2)15-16-35-29(30-31-32-35)28(25-11-7-4-8-12-25)34-19-17-33(18-20-34)22-24-9-5-3-6-10-24/h3-14,21,28H,15-20,22H2,1-2H3. The van der Waals surface area contributed by atoms with Gasteiger partial charge in [0.2, 0.25) is 0 Å². The zero-order valence-electron chi connectivity index (χ0n) is 21.5. The smallest absolute Gasteiger partial charge is 0.173 e. The quantitative estimate of drug-likeness (QED) is 0.329. The topological polar surface area (TPSA) is 68.5 Å². The normalized spacial score (nSPS) is 15.4. The van der Waals surface area contributed by atoms with E-state index in [1.54, 1.807) is 14.2 Å². The number of methoxy groups -OCH3 is 2. The lowest BCUT2D eigenvalue weighted by atomic mass is 10.0. The van der Waals surface area contributed by atoms with Crippen LogP contribution in [0.15, 0.2) is 78.9 Å². The highest BCUT2D eigenvalue weighted by Crippen LogP contribution is 2.30. The molecule has 1 aliphatic rings. The van der Waals surface area contributed by atoms with Gasteiger partial charge >= 0.3 is 0 Å². The Morgan fingerprint density at radius 3 is 2.19 bits per heavy atom. The van der Waals surface area contributed by atoms with Crippen molar-refractivity contribution < 1.29 is 9.47 Å². The van der Waals surface area contributed by atoms with Gasteiger partial charge in [-0.15, -0.1) is 5.10 Å². The average Bonchev–Trinajstić information content (AvgIpc) is 3.42. The molecule has 1 aromatic heterocycles. The first-order chi connectivity index (χ1) is 18.2. The summed E-state index contributed by atoms with van der Waals surface area (Å²) < 4.78 is 12.8. The van der Waals surface area contributed by atoms with Crippen molar-refractivity contribution >= 4 is 0 Å². The molecular formula is C29H34N6O2. The second kappa shape index (κ2) is 12.0. The molecule has 2 heterocycles. The highest BCUT2D eigenvalue weighted by Gasteiger charge is 2.30. The molecule has 192 valence electrons. The van der Waals surface area contributed by atoms with Gasteiger partial charge in [-0.2, -0.15) is 0 Å². The van der Waals surface area contributed by atoms with Gasteiger partial charge in [-0.05, 0) is 45.7 Å². The van der Waals surface area contributed by atoms with Crippen LogP contribution in [0.25, 0.3) is 0 Å². The number of hydrogen-bond acceptors (Lipinski definition) is 7. The average molecular weight is 499 g/mol. The number of aryl methyl sites for hydroxylation is 2. The van der Waals surface area contributed by atoms with Crippen molar-refractivity contribution in [3.63, 3.8) is 0 Å². The lowest BCUT2D eigenvalue weighted by molar-refractivity contribution is 0.100. The second-order valence-corrected chi connectivity index (χ2v) is 9.31. The molecule has 0 amide bonds. The zero-order valence-corrected chi connectivity index (χ0v) is 21.5. The van der Waals surface area contributed by atoms with E-state index in [0.29, 0.717) is 6.54 Å². The van der Waals surface area contributed by atoms with Gasteiger partial charge in [0.15, 0.2) is 17.3 Å². The van der Waals surface area contributed by atoms with Crippen LogP contribution in [0.4, 0.5) is 0 Å². The van der Waals surface area contributed by atoms with Gasteiger partial charge in [-0.25, -0.2) is 4.68 Å². The summed E-state index contributed by atoms with van der Waals surface area (Å²) in [5, 5.41) is 13.0. The molecule has 1 saturated heterocycles. The third-order valence-corrected chi connectivity index (χ3v) is 7.00. The van der Waals surface area contributed by atoms with Gasteiger partial charge < -0.3 is 9.47 Å². The van der Waals surface area contributed by atoms with Crippen LogP contribution in [0.2, 0.25) is 0 Å². The molecule has 8 nitrogen and oxygen atoms in total. The monoisotopic (exact) mass is 498 g/mol. The van der Waals surface area contributed by atoms with E-state index in [9.17, 15) is 0 Å². The van der Waals surface area contributed by atoms with Crippen molar-refractivity contribution in [1.29, 1.82) is 0 Å². The Morgan fingerprint density at radius 2 is 1.49 bits per heavy atom. The maximum Gasteiger partial charge on any atom is 0.173 e. The first-order valence-corrected chi connectivity index (χ1v) is 12.8. The number of aromatic nitrogens is 4. The van der Waals surface area contributed by atoms with Gasteiger partial charge in [-0.1, -0.05) is 66.7 Å². The Bertz CT molecular complexity index is 1260. The van der Waals surface area contributed by atoms with E-state index >= 15 is 0 Å². The van der Waals surface area contributed by atoms with E-state index in [4.69, 9.17) is 9.47 Å². The Labute approximate surface area is 218 Å². The predicted molar refractivity (Wildman–Crippen MR) is 143 cm³/mol. The van der Waals surface area contributed by atoms with Crippen LogP contribution in [-0.2, 0) is 19.5 Å².